The number of amides is 1. The fraction of sp³-hybridized carbons (Fsp3) is 0.269. The molecule has 34 heavy (non-hydrogen) atoms. The molecule has 0 atom stereocenters. The Morgan fingerprint density at radius 3 is 2.53 bits per heavy atom. The predicted molar refractivity (Wildman–Crippen MR) is 129 cm³/mol. The molecular formula is C26H26N4O4. The molecule has 1 amide bonds. The molecule has 3 aromatic heterocycles. The summed E-state index contributed by atoms with van der Waals surface area (Å²) in [6.45, 7) is 5.61. The Morgan fingerprint density at radius 2 is 1.82 bits per heavy atom. The summed E-state index contributed by atoms with van der Waals surface area (Å²) in [5, 5.41) is 0.246. The molecule has 174 valence electrons. The number of ether oxygens (including phenoxy) is 1. The summed E-state index contributed by atoms with van der Waals surface area (Å²) in [4.78, 5) is 48.0. The molecule has 0 N–H and O–H groups in total. The number of aryl methyl sites for hydroxylation is 1. The van der Waals surface area contributed by atoms with E-state index in [-0.39, 0.29) is 47.0 Å². The van der Waals surface area contributed by atoms with Crippen molar-refractivity contribution in [3.8, 4) is 0 Å². The fourth-order valence-electron chi connectivity index (χ4n) is 3.87. The van der Waals surface area contributed by atoms with Gasteiger partial charge in [-0.1, -0.05) is 36.4 Å². The van der Waals surface area contributed by atoms with E-state index in [4.69, 9.17) is 4.74 Å². The number of carbonyl (C=O) groups is 2. The van der Waals surface area contributed by atoms with E-state index in [9.17, 15) is 14.4 Å². The third kappa shape index (κ3) is 4.52. The predicted octanol–water partition coefficient (Wildman–Crippen LogP) is 3.47. The van der Waals surface area contributed by atoms with Crippen LogP contribution in [0.25, 0.3) is 16.7 Å². The monoisotopic (exact) mass is 458 g/mol. The Morgan fingerprint density at radius 1 is 1.09 bits per heavy atom. The van der Waals surface area contributed by atoms with Gasteiger partial charge in [0.05, 0.1) is 12.0 Å². The van der Waals surface area contributed by atoms with E-state index in [0.29, 0.717) is 17.7 Å². The van der Waals surface area contributed by atoms with E-state index in [2.05, 4.69) is 9.98 Å². The number of hydrogen-bond donors (Lipinski definition) is 0. The maximum absolute atomic E-state index is 13.2. The van der Waals surface area contributed by atoms with Gasteiger partial charge in [0, 0.05) is 18.7 Å². The van der Waals surface area contributed by atoms with Gasteiger partial charge in [-0.2, -0.15) is 4.99 Å². The van der Waals surface area contributed by atoms with Gasteiger partial charge >= 0.3 is 5.97 Å². The highest BCUT2D eigenvalue weighted by molar-refractivity contribution is 5.93. The topological polar surface area (TPSA) is 95.0 Å². The largest absolute Gasteiger partial charge is 0.462 e. The van der Waals surface area contributed by atoms with Crippen LogP contribution in [0, 0.1) is 0 Å². The summed E-state index contributed by atoms with van der Waals surface area (Å²) in [5.74, 6) is -1.02. The molecule has 1 aromatic carbocycles. The number of nitrogens with zero attached hydrogens (tertiary/aromatic N) is 4. The Kier molecular flexibility index (Phi) is 6.67. The van der Waals surface area contributed by atoms with E-state index >= 15 is 0 Å². The first kappa shape index (κ1) is 23.1. The third-order valence-corrected chi connectivity index (χ3v) is 5.45. The summed E-state index contributed by atoms with van der Waals surface area (Å²) < 4.78 is 8.32. The van der Waals surface area contributed by atoms with Crippen LogP contribution in [-0.4, -0.2) is 32.4 Å². The van der Waals surface area contributed by atoms with Crippen LogP contribution in [0.1, 0.15) is 49.2 Å². The first-order valence-electron chi connectivity index (χ1n) is 11.3. The highest BCUT2D eigenvalue weighted by Crippen LogP contribution is 2.15. The first-order valence-corrected chi connectivity index (χ1v) is 11.3. The van der Waals surface area contributed by atoms with Crippen molar-refractivity contribution in [3.63, 3.8) is 0 Å². The first-order chi connectivity index (χ1) is 16.4. The average Bonchev–Trinajstić information content (AvgIpc) is 2.83. The van der Waals surface area contributed by atoms with Crippen LogP contribution in [0.3, 0.4) is 0 Å². The van der Waals surface area contributed by atoms with E-state index in [1.54, 1.807) is 35.9 Å². The van der Waals surface area contributed by atoms with E-state index < -0.39 is 5.97 Å². The molecular weight excluding hydrogens is 432 g/mol. The van der Waals surface area contributed by atoms with Crippen LogP contribution in [0.5, 0.6) is 0 Å². The van der Waals surface area contributed by atoms with Crippen LogP contribution in [0.2, 0.25) is 0 Å². The van der Waals surface area contributed by atoms with Gasteiger partial charge in [-0.3, -0.25) is 14.0 Å². The quantitative estimate of drug-likeness (QED) is 0.326. The molecule has 0 aliphatic heterocycles. The van der Waals surface area contributed by atoms with Crippen LogP contribution in [-0.2, 0) is 16.0 Å². The number of hydrogen-bond acceptors (Lipinski definition) is 5. The van der Waals surface area contributed by atoms with Crippen molar-refractivity contribution in [2.24, 2.45) is 4.99 Å². The molecule has 0 spiro atoms. The lowest BCUT2D eigenvalue weighted by Crippen LogP contribution is -2.33. The van der Waals surface area contributed by atoms with Crippen molar-refractivity contribution in [1.29, 1.82) is 0 Å². The van der Waals surface area contributed by atoms with Gasteiger partial charge < -0.3 is 9.30 Å². The van der Waals surface area contributed by atoms with Crippen molar-refractivity contribution in [2.75, 3.05) is 6.61 Å². The number of carbonyl (C=O) groups excluding carboxylic acids is 2. The highest BCUT2D eigenvalue weighted by Gasteiger charge is 2.21. The summed E-state index contributed by atoms with van der Waals surface area (Å²) in [6, 6.07) is 16.1. The zero-order chi connectivity index (χ0) is 24.2. The summed E-state index contributed by atoms with van der Waals surface area (Å²) in [7, 11) is 0. The Labute approximate surface area is 196 Å². The van der Waals surface area contributed by atoms with Crippen LogP contribution < -0.4 is 11.0 Å². The lowest BCUT2D eigenvalue weighted by Gasteiger charge is -2.17. The molecule has 0 unspecified atom stereocenters. The number of esters is 1. The maximum atomic E-state index is 13.2. The van der Waals surface area contributed by atoms with Gasteiger partial charge in [0.25, 0.3) is 5.56 Å². The summed E-state index contributed by atoms with van der Waals surface area (Å²) in [6.07, 6.45) is 2.33. The van der Waals surface area contributed by atoms with Crippen molar-refractivity contribution >= 4 is 28.6 Å². The van der Waals surface area contributed by atoms with Crippen LogP contribution in [0.4, 0.5) is 0 Å². The molecule has 0 aliphatic carbocycles. The molecule has 3 heterocycles. The van der Waals surface area contributed by atoms with Crippen molar-refractivity contribution in [1.82, 2.24) is 14.0 Å². The summed E-state index contributed by atoms with van der Waals surface area (Å²) in [5.41, 5.74) is 1.72. The Bertz CT molecular complexity index is 1500. The van der Waals surface area contributed by atoms with Gasteiger partial charge in [-0.05, 0) is 51.0 Å². The lowest BCUT2D eigenvalue weighted by molar-refractivity contribution is -0.118. The van der Waals surface area contributed by atoms with Gasteiger partial charge in [-0.25, -0.2) is 9.78 Å². The standard InChI is InChI=1S/C26H26N4O4/c1-4-34-26(33)20-16-19-23(27-21-12-8-9-15-29(21)25(19)32)30(17(2)3)24(20)28-22(31)14-13-18-10-6-5-7-11-18/h5-12,15-17H,4,13-14H2,1-3H3. The molecule has 8 nitrogen and oxygen atoms in total. The smallest absolute Gasteiger partial charge is 0.341 e. The molecule has 4 rings (SSSR count). The molecule has 0 saturated heterocycles. The minimum absolute atomic E-state index is 0.0610. The molecule has 0 bridgehead atoms. The van der Waals surface area contributed by atoms with E-state index in [1.807, 2.05) is 44.2 Å². The minimum atomic E-state index is -0.647. The average molecular weight is 459 g/mol. The van der Waals surface area contributed by atoms with Crippen LogP contribution in [0.15, 0.2) is 70.6 Å². The fourth-order valence-corrected chi connectivity index (χ4v) is 3.87. The normalized spacial score (nSPS) is 11.9. The molecule has 8 heteroatoms. The number of rotatable bonds is 6. The zero-order valence-corrected chi connectivity index (χ0v) is 19.4. The van der Waals surface area contributed by atoms with Crippen molar-refractivity contribution in [3.05, 3.63) is 87.8 Å². The number of benzene rings is 1. The SMILES string of the molecule is CCOC(=O)c1cc2c(=O)n3ccccc3nc2n(C(C)C)c1=NC(=O)CCc1ccccc1. The number of aromatic nitrogens is 3. The Hall–Kier alpha value is -4.07. The zero-order valence-electron chi connectivity index (χ0n) is 19.4. The minimum Gasteiger partial charge on any atom is -0.462 e. The Balaban J connectivity index is 1.96. The lowest BCUT2D eigenvalue weighted by atomic mass is 10.1. The summed E-state index contributed by atoms with van der Waals surface area (Å²) >= 11 is 0. The van der Waals surface area contributed by atoms with E-state index in [1.165, 1.54) is 10.5 Å². The second-order valence-electron chi connectivity index (χ2n) is 8.14. The van der Waals surface area contributed by atoms with Crippen LogP contribution >= 0.6 is 0 Å². The third-order valence-electron chi connectivity index (χ3n) is 5.45. The molecule has 4 aromatic rings. The molecule has 0 aliphatic rings. The van der Waals surface area contributed by atoms with Crippen molar-refractivity contribution in [2.45, 2.75) is 39.7 Å². The van der Waals surface area contributed by atoms with Gasteiger partial charge in [-0.15, -0.1) is 0 Å². The molecule has 0 fully saturated rings. The van der Waals surface area contributed by atoms with Gasteiger partial charge in [0.15, 0.2) is 5.49 Å². The molecule has 0 saturated carbocycles. The second kappa shape index (κ2) is 9.82. The van der Waals surface area contributed by atoms with E-state index in [0.717, 1.165) is 5.56 Å². The highest BCUT2D eigenvalue weighted by atomic mass is 16.5. The molecule has 0 radical (unpaired) electrons. The van der Waals surface area contributed by atoms with Crippen molar-refractivity contribution < 1.29 is 14.3 Å². The second-order valence-corrected chi connectivity index (χ2v) is 8.14. The number of pyridine rings is 2. The van der Waals surface area contributed by atoms with Gasteiger partial charge in [0.1, 0.15) is 16.9 Å². The van der Waals surface area contributed by atoms with Gasteiger partial charge in [0.2, 0.25) is 5.91 Å². The number of fused-ring (bicyclic) bond motifs is 2. The maximum Gasteiger partial charge on any atom is 0.341 e.